The van der Waals surface area contributed by atoms with Gasteiger partial charge in [0.2, 0.25) is 5.91 Å². The van der Waals surface area contributed by atoms with Gasteiger partial charge in [-0.15, -0.1) is 0 Å². The SMILES string of the molecule is C[C@@H]1C[C@@H]1C(=O)NCCc1ccccc1. The minimum atomic E-state index is 0.235. The second-order valence-electron chi connectivity index (χ2n) is 4.35. The second-order valence-corrected chi connectivity index (χ2v) is 4.35. The maximum absolute atomic E-state index is 11.5. The fraction of sp³-hybridized carbons (Fsp3) is 0.462. The molecule has 2 rings (SSSR count). The molecule has 1 aliphatic rings. The third kappa shape index (κ3) is 2.82. The highest BCUT2D eigenvalue weighted by Crippen LogP contribution is 2.37. The lowest BCUT2D eigenvalue weighted by molar-refractivity contribution is -0.122. The molecule has 0 spiro atoms. The van der Waals surface area contributed by atoms with Gasteiger partial charge in [0.05, 0.1) is 0 Å². The first kappa shape index (κ1) is 10.2. The molecule has 1 fully saturated rings. The van der Waals surface area contributed by atoms with Crippen molar-refractivity contribution in [2.24, 2.45) is 11.8 Å². The van der Waals surface area contributed by atoms with Crippen molar-refractivity contribution in [3.8, 4) is 0 Å². The Balaban J connectivity index is 1.69. The highest BCUT2D eigenvalue weighted by atomic mass is 16.2. The molecule has 1 N–H and O–H groups in total. The predicted octanol–water partition coefficient (Wildman–Crippen LogP) is 2.00. The highest BCUT2D eigenvalue weighted by molar-refractivity contribution is 5.81. The molecular formula is C13H17NO. The van der Waals surface area contributed by atoms with Gasteiger partial charge < -0.3 is 5.32 Å². The minimum absolute atomic E-state index is 0.235. The third-order valence-corrected chi connectivity index (χ3v) is 3.00. The van der Waals surface area contributed by atoms with Crippen LogP contribution in [0.15, 0.2) is 30.3 Å². The molecule has 0 saturated heterocycles. The van der Waals surface area contributed by atoms with Gasteiger partial charge in [-0.05, 0) is 24.3 Å². The molecule has 0 unspecified atom stereocenters. The summed E-state index contributed by atoms with van der Waals surface area (Å²) in [6.07, 6.45) is 1.99. The number of hydrogen-bond acceptors (Lipinski definition) is 1. The first-order chi connectivity index (χ1) is 7.27. The lowest BCUT2D eigenvalue weighted by Crippen LogP contribution is -2.27. The molecule has 0 radical (unpaired) electrons. The average Bonchev–Trinajstić information content (AvgIpc) is 2.97. The normalized spacial score (nSPS) is 23.5. The van der Waals surface area contributed by atoms with Crippen LogP contribution in [0, 0.1) is 11.8 Å². The quantitative estimate of drug-likeness (QED) is 0.796. The van der Waals surface area contributed by atoms with Crippen molar-refractivity contribution in [2.45, 2.75) is 19.8 Å². The van der Waals surface area contributed by atoms with Crippen LogP contribution in [0.1, 0.15) is 18.9 Å². The van der Waals surface area contributed by atoms with E-state index in [1.807, 2.05) is 18.2 Å². The molecule has 1 aromatic rings. The molecule has 0 aliphatic heterocycles. The van der Waals surface area contributed by atoms with Crippen LogP contribution in [0.2, 0.25) is 0 Å². The molecule has 1 amide bonds. The van der Waals surface area contributed by atoms with Gasteiger partial charge in [0.15, 0.2) is 0 Å². The van der Waals surface area contributed by atoms with Crippen LogP contribution in [0.4, 0.5) is 0 Å². The van der Waals surface area contributed by atoms with Crippen LogP contribution in [0.3, 0.4) is 0 Å². The van der Waals surface area contributed by atoms with E-state index in [2.05, 4.69) is 24.4 Å². The Hall–Kier alpha value is -1.31. The summed E-state index contributed by atoms with van der Waals surface area (Å²) in [4.78, 5) is 11.5. The van der Waals surface area contributed by atoms with Crippen LogP contribution in [0.5, 0.6) is 0 Å². The summed E-state index contributed by atoms with van der Waals surface area (Å²) < 4.78 is 0. The van der Waals surface area contributed by atoms with Gasteiger partial charge in [-0.3, -0.25) is 4.79 Å². The molecule has 2 nitrogen and oxygen atoms in total. The van der Waals surface area contributed by atoms with Gasteiger partial charge in [-0.25, -0.2) is 0 Å². The summed E-state index contributed by atoms with van der Waals surface area (Å²) >= 11 is 0. The fourth-order valence-corrected chi connectivity index (χ4v) is 1.79. The molecule has 2 atom stereocenters. The largest absolute Gasteiger partial charge is 0.356 e. The topological polar surface area (TPSA) is 29.1 Å². The Morgan fingerprint density at radius 2 is 2.07 bits per heavy atom. The summed E-state index contributed by atoms with van der Waals surface area (Å²) in [5.74, 6) is 1.13. The van der Waals surface area contributed by atoms with Crippen LogP contribution in [-0.2, 0) is 11.2 Å². The summed E-state index contributed by atoms with van der Waals surface area (Å²) in [5.41, 5.74) is 1.28. The fourth-order valence-electron chi connectivity index (χ4n) is 1.79. The Kier molecular flexibility index (Phi) is 3.05. The van der Waals surface area contributed by atoms with E-state index in [1.54, 1.807) is 0 Å². The molecule has 80 valence electrons. The van der Waals surface area contributed by atoms with Crippen LogP contribution in [0.25, 0.3) is 0 Å². The second kappa shape index (κ2) is 4.47. The van der Waals surface area contributed by atoms with Crippen LogP contribution >= 0.6 is 0 Å². The van der Waals surface area contributed by atoms with Crippen molar-refractivity contribution in [3.05, 3.63) is 35.9 Å². The number of benzene rings is 1. The summed E-state index contributed by atoms with van der Waals surface area (Å²) in [6.45, 7) is 2.88. The van der Waals surface area contributed by atoms with Crippen molar-refractivity contribution >= 4 is 5.91 Å². The smallest absolute Gasteiger partial charge is 0.223 e. The van der Waals surface area contributed by atoms with Crippen molar-refractivity contribution in [2.75, 3.05) is 6.54 Å². The Bertz CT molecular complexity index is 334. The van der Waals surface area contributed by atoms with Crippen molar-refractivity contribution < 1.29 is 4.79 Å². The molecule has 1 saturated carbocycles. The van der Waals surface area contributed by atoms with E-state index >= 15 is 0 Å². The number of carbonyl (C=O) groups excluding carboxylic acids is 1. The van der Waals surface area contributed by atoms with E-state index in [4.69, 9.17) is 0 Å². The number of carbonyl (C=O) groups is 1. The zero-order valence-corrected chi connectivity index (χ0v) is 9.07. The van der Waals surface area contributed by atoms with E-state index in [1.165, 1.54) is 5.56 Å². The van der Waals surface area contributed by atoms with Gasteiger partial charge in [0.1, 0.15) is 0 Å². The minimum Gasteiger partial charge on any atom is -0.356 e. The summed E-state index contributed by atoms with van der Waals surface area (Å²) in [6, 6.07) is 10.2. The highest BCUT2D eigenvalue weighted by Gasteiger charge is 2.38. The Labute approximate surface area is 90.7 Å². The number of nitrogens with one attached hydrogen (secondary N) is 1. The Morgan fingerprint density at radius 1 is 1.40 bits per heavy atom. The van der Waals surface area contributed by atoms with Gasteiger partial charge in [0.25, 0.3) is 0 Å². The maximum Gasteiger partial charge on any atom is 0.223 e. The maximum atomic E-state index is 11.5. The van der Waals surface area contributed by atoms with E-state index in [9.17, 15) is 4.79 Å². The van der Waals surface area contributed by atoms with E-state index in [-0.39, 0.29) is 5.91 Å². The standard InChI is InChI=1S/C13H17NO/c1-10-9-12(10)13(15)14-8-7-11-5-3-2-4-6-11/h2-6,10,12H,7-9H2,1H3,(H,14,15)/t10-,12+/m1/s1. The molecule has 0 heterocycles. The van der Waals surface area contributed by atoms with E-state index in [0.29, 0.717) is 11.8 Å². The van der Waals surface area contributed by atoms with Crippen molar-refractivity contribution in [1.29, 1.82) is 0 Å². The van der Waals surface area contributed by atoms with E-state index in [0.717, 1.165) is 19.4 Å². The molecule has 1 aromatic carbocycles. The lowest BCUT2D eigenvalue weighted by atomic mass is 10.1. The number of rotatable bonds is 4. The number of amides is 1. The third-order valence-electron chi connectivity index (χ3n) is 3.00. The lowest BCUT2D eigenvalue weighted by Gasteiger charge is -2.04. The monoisotopic (exact) mass is 203 g/mol. The predicted molar refractivity (Wildman–Crippen MR) is 60.4 cm³/mol. The van der Waals surface area contributed by atoms with Gasteiger partial charge in [-0.2, -0.15) is 0 Å². The summed E-state index contributed by atoms with van der Waals surface area (Å²) in [7, 11) is 0. The average molecular weight is 203 g/mol. The molecular weight excluding hydrogens is 186 g/mol. The zero-order chi connectivity index (χ0) is 10.7. The van der Waals surface area contributed by atoms with Gasteiger partial charge in [-0.1, -0.05) is 37.3 Å². The van der Waals surface area contributed by atoms with Gasteiger partial charge in [0, 0.05) is 12.5 Å². The molecule has 0 aromatic heterocycles. The first-order valence-corrected chi connectivity index (χ1v) is 5.59. The zero-order valence-electron chi connectivity index (χ0n) is 9.07. The van der Waals surface area contributed by atoms with Crippen LogP contribution < -0.4 is 5.32 Å². The van der Waals surface area contributed by atoms with E-state index < -0.39 is 0 Å². The first-order valence-electron chi connectivity index (χ1n) is 5.59. The summed E-state index contributed by atoms with van der Waals surface area (Å²) in [5, 5.41) is 2.98. The van der Waals surface area contributed by atoms with Crippen molar-refractivity contribution in [3.63, 3.8) is 0 Å². The van der Waals surface area contributed by atoms with Crippen LogP contribution in [-0.4, -0.2) is 12.5 Å². The van der Waals surface area contributed by atoms with Crippen molar-refractivity contribution in [1.82, 2.24) is 5.32 Å². The molecule has 0 bridgehead atoms. The molecule has 15 heavy (non-hydrogen) atoms. The van der Waals surface area contributed by atoms with Gasteiger partial charge >= 0.3 is 0 Å². The molecule has 1 aliphatic carbocycles. The Morgan fingerprint density at radius 3 is 2.67 bits per heavy atom. The number of hydrogen-bond donors (Lipinski definition) is 1. The molecule has 2 heteroatoms.